The van der Waals surface area contributed by atoms with Crippen LogP contribution in [0.15, 0.2) is 23.2 Å². The molecule has 16 heavy (non-hydrogen) atoms. The Morgan fingerprint density at radius 2 is 2.25 bits per heavy atom. The summed E-state index contributed by atoms with van der Waals surface area (Å²) in [5.74, 6) is 0.949. The van der Waals surface area contributed by atoms with Crippen molar-refractivity contribution in [3.63, 3.8) is 0 Å². The zero-order valence-corrected chi connectivity index (χ0v) is 9.59. The lowest BCUT2D eigenvalue weighted by molar-refractivity contribution is 0.737. The Hall–Kier alpha value is -1.53. The average molecular weight is 234 g/mol. The first-order valence-electron chi connectivity index (χ1n) is 5.29. The van der Waals surface area contributed by atoms with Crippen molar-refractivity contribution < 1.29 is 0 Å². The highest BCUT2D eigenvalue weighted by Gasteiger charge is 2.08. The molecule has 4 heteroatoms. The Balaban J connectivity index is 2.23. The topological polar surface area (TPSA) is 48.2 Å². The van der Waals surface area contributed by atoms with Crippen LogP contribution < -0.4 is 5.32 Å². The number of anilines is 1. The van der Waals surface area contributed by atoms with Gasteiger partial charge in [-0.3, -0.25) is 4.99 Å². The van der Waals surface area contributed by atoms with Gasteiger partial charge in [0.15, 0.2) is 0 Å². The molecule has 2 rings (SSSR count). The lowest BCUT2D eigenvalue weighted by atomic mass is 10.1. The fourth-order valence-electron chi connectivity index (χ4n) is 1.67. The minimum absolute atomic E-state index is 0.595. The monoisotopic (exact) mass is 233 g/mol. The van der Waals surface area contributed by atoms with Crippen molar-refractivity contribution in [1.29, 1.82) is 5.26 Å². The van der Waals surface area contributed by atoms with Crippen molar-refractivity contribution in [3.8, 4) is 6.07 Å². The highest BCUT2D eigenvalue weighted by molar-refractivity contribution is 6.31. The van der Waals surface area contributed by atoms with Gasteiger partial charge < -0.3 is 5.32 Å². The maximum atomic E-state index is 8.97. The second kappa shape index (κ2) is 5.00. The third-order valence-electron chi connectivity index (χ3n) is 2.51. The minimum atomic E-state index is 0.595. The van der Waals surface area contributed by atoms with E-state index < -0.39 is 0 Å². The largest absolute Gasteiger partial charge is 0.343 e. The summed E-state index contributed by atoms with van der Waals surface area (Å²) in [6.07, 6.45) is 3.23. The van der Waals surface area contributed by atoms with Crippen LogP contribution >= 0.6 is 11.6 Å². The van der Waals surface area contributed by atoms with E-state index in [1.807, 2.05) is 0 Å². The van der Waals surface area contributed by atoms with Gasteiger partial charge in [-0.25, -0.2) is 0 Å². The Kier molecular flexibility index (Phi) is 3.43. The van der Waals surface area contributed by atoms with Crippen LogP contribution in [0.2, 0.25) is 5.02 Å². The van der Waals surface area contributed by atoms with Crippen molar-refractivity contribution >= 4 is 23.1 Å². The molecule has 0 aliphatic carbocycles. The molecule has 0 fully saturated rings. The van der Waals surface area contributed by atoms with Gasteiger partial charge in [-0.15, -0.1) is 0 Å². The molecule has 1 aliphatic rings. The van der Waals surface area contributed by atoms with Gasteiger partial charge in [0, 0.05) is 18.0 Å². The molecule has 0 unspecified atom stereocenters. The highest BCUT2D eigenvalue weighted by atomic mass is 35.5. The molecule has 1 aliphatic heterocycles. The third kappa shape index (κ3) is 2.53. The fraction of sp³-hybridized carbons (Fsp3) is 0.333. The Bertz CT molecular complexity index is 460. The molecule has 1 aromatic carbocycles. The van der Waals surface area contributed by atoms with E-state index in [4.69, 9.17) is 16.9 Å². The molecule has 1 aromatic rings. The van der Waals surface area contributed by atoms with Gasteiger partial charge in [-0.05, 0) is 31.0 Å². The van der Waals surface area contributed by atoms with Crippen molar-refractivity contribution in [3.05, 3.63) is 28.8 Å². The summed E-state index contributed by atoms with van der Waals surface area (Å²) in [6.45, 7) is 0.866. The number of nitrogens with one attached hydrogen (secondary N) is 1. The normalized spacial score (nSPS) is 15.1. The molecule has 0 bridgehead atoms. The van der Waals surface area contributed by atoms with Gasteiger partial charge in [0.2, 0.25) is 0 Å². The summed E-state index contributed by atoms with van der Waals surface area (Å²) in [6, 6.07) is 7.33. The summed E-state index contributed by atoms with van der Waals surface area (Å²) in [7, 11) is 0. The zero-order valence-electron chi connectivity index (χ0n) is 8.83. The minimum Gasteiger partial charge on any atom is -0.343 e. The predicted molar refractivity (Wildman–Crippen MR) is 65.9 cm³/mol. The van der Waals surface area contributed by atoms with E-state index in [0.29, 0.717) is 10.6 Å². The zero-order chi connectivity index (χ0) is 11.4. The van der Waals surface area contributed by atoms with Crippen LogP contribution in [-0.2, 0) is 0 Å². The van der Waals surface area contributed by atoms with Crippen LogP contribution in [0.4, 0.5) is 5.69 Å². The van der Waals surface area contributed by atoms with E-state index in [9.17, 15) is 0 Å². The molecular formula is C12H12ClN3. The van der Waals surface area contributed by atoms with E-state index in [2.05, 4.69) is 16.4 Å². The van der Waals surface area contributed by atoms with Crippen molar-refractivity contribution in [2.45, 2.75) is 19.3 Å². The lowest BCUT2D eigenvalue weighted by Crippen LogP contribution is -2.16. The molecule has 0 atom stereocenters. The maximum absolute atomic E-state index is 8.97. The first-order valence-corrected chi connectivity index (χ1v) is 5.67. The number of benzene rings is 1. The number of nitrogens with zero attached hydrogens (tertiary/aromatic N) is 2. The molecule has 1 N–H and O–H groups in total. The molecule has 0 radical (unpaired) electrons. The second-order valence-corrected chi connectivity index (χ2v) is 4.15. The molecule has 0 amide bonds. The van der Waals surface area contributed by atoms with Gasteiger partial charge in [0.05, 0.1) is 11.3 Å². The summed E-state index contributed by atoms with van der Waals surface area (Å²) < 4.78 is 0. The maximum Gasteiger partial charge on any atom is 0.101 e. The summed E-state index contributed by atoms with van der Waals surface area (Å²) >= 11 is 5.90. The lowest BCUT2D eigenvalue weighted by Gasteiger charge is -2.14. The molecule has 0 aromatic heterocycles. The Morgan fingerprint density at radius 1 is 1.38 bits per heavy atom. The van der Waals surface area contributed by atoms with E-state index >= 15 is 0 Å². The second-order valence-electron chi connectivity index (χ2n) is 3.71. The molecule has 82 valence electrons. The molecule has 1 heterocycles. The highest BCUT2D eigenvalue weighted by Crippen LogP contribution is 2.21. The first kappa shape index (κ1) is 11.0. The van der Waals surface area contributed by atoms with Crippen LogP contribution in [0.1, 0.15) is 24.8 Å². The van der Waals surface area contributed by atoms with Gasteiger partial charge >= 0.3 is 0 Å². The van der Waals surface area contributed by atoms with Crippen molar-refractivity contribution in [2.24, 2.45) is 4.99 Å². The van der Waals surface area contributed by atoms with Crippen molar-refractivity contribution in [1.82, 2.24) is 0 Å². The summed E-state index contributed by atoms with van der Waals surface area (Å²) in [4.78, 5) is 4.38. The smallest absolute Gasteiger partial charge is 0.101 e. The number of aliphatic imine (C=N–C) groups is 1. The van der Waals surface area contributed by atoms with Gasteiger partial charge in [0.25, 0.3) is 0 Å². The van der Waals surface area contributed by atoms with Crippen LogP contribution in [0, 0.1) is 11.3 Å². The summed E-state index contributed by atoms with van der Waals surface area (Å²) in [5.41, 5.74) is 1.34. The van der Waals surface area contributed by atoms with Gasteiger partial charge in [-0.1, -0.05) is 11.6 Å². The van der Waals surface area contributed by atoms with E-state index in [0.717, 1.165) is 37.3 Å². The predicted octanol–water partition coefficient (Wildman–Crippen LogP) is 3.21. The van der Waals surface area contributed by atoms with Crippen molar-refractivity contribution in [2.75, 3.05) is 11.9 Å². The number of amidine groups is 1. The molecule has 0 saturated heterocycles. The Labute approximate surface area is 99.8 Å². The standard InChI is InChI=1S/C12H12ClN3/c13-10-5-4-9(8-14)11(7-10)16-12-3-1-2-6-15-12/h4-5,7H,1-3,6H2,(H,15,16). The number of halogens is 1. The molecule has 0 spiro atoms. The van der Waals surface area contributed by atoms with Crippen LogP contribution in [0.3, 0.4) is 0 Å². The third-order valence-corrected chi connectivity index (χ3v) is 2.74. The number of nitriles is 1. The number of hydrogen-bond donors (Lipinski definition) is 1. The SMILES string of the molecule is N#Cc1ccc(Cl)cc1NC1=NCCCC1. The van der Waals surface area contributed by atoms with Crippen LogP contribution in [0.25, 0.3) is 0 Å². The number of rotatable bonds is 1. The quantitative estimate of drug-likeness (QED) is 0.810. The average Bonchev–Trinajstić information content (AvgIpc) is 2.31. The van der Waals surface area contributed by atoms with E-state index in [1.54, 1.807) is 18.2 Å². The summed E-state index contributed by atoms with van der Waals surface area (Å²) in [5, 5.41) is 12.8. The molecule has 0 saturated carbocycles. The van der Waals surface area contributed by atoms with Crippen LogP contribution in [0.5, 0.6) is 0 Å². The Morgan fingerprint density at radius 3 is 2.94 bits per heavy atom. The molecule has 3 nitrogen and oxygen atoms in total. The van der Waals surface area contributed by atoms with E-state index in [-0.39, 0.29) is 0 Å². The van der Waals surface area contributed by atoms with E-state index in [1.165, 1.54) is 0 Å². The molecular weight excluding hydrogens is 222 g/mol. The first-order chi connectivity index (χ1) is 7.79. The van der Waals surface area contributed by atoms with Gasteiger partial charge in [0.1, 0.15) is 11.9 Å². The van der Waals surface area contributed by atoms with Crippen LogP contribution in [-0.4, -0.2) is 12.4 Å². The fourth-order valence-corrected chi connectivity index (χ4v) is 1.84. The number of hydrogen-bond acceptors (Lipinski definition) is 3. The van der Waals surface area contributed by atoms with Gasteiger partial charge in [-0.2, -0.15) is 5.26 Å².